The zero-order valence-corrected chi connectivity index (χ0v) is 9.63. The van der Waals surface area contributed by atoms with E-state index in [-0.39, 0.29) is 5.92 Å². The lowest BCUT2D eigenvalue weighted by Gasteiger charge is -2.20. The van der Waals surface area contributed by atoms with Gasteiger partial charge in [0.2, 0.25) is 0 Å². The molecule has 0 aromatic heterocycles. The van der Waals surface area contributed by atoms with Gasteiger partial charge < -0.3 is 31.9 Å². The van der Waals surface area contributed by atoms with E-state index in [4.69, 9.17) is 31.9 Å². The van der Waals surface area contributed by atoms with Gasteiger partial charge in [-0.25, -0.2) is 0 Å². The van der Waals surface area contributed by atoms with Crippen LogP contribution in [0.15, 0.2) is 0 Å². The van der Waals surface area contributed by atoms with Crippen LogP contribution in [-0.4, -0.2) is 57.8 Å². The first kappa shape index (κ1) is 17.7. The summed E-state index contributed by atoms with van der Waals surface area (Å²) in [5.74, 6) is -0.910. The molecular weight excluding hydrogens is 216 g/mol. The van der Waals surface area contributed by atoms with Crippen LogP contribution in [0.1, 0.15) is 13.8 Å². The highest BCUT2D eigenvalue weighted by atomic mass is 16.4. The predicted octanol–water partition coefficient (Wildman–Crippen LogP) is -2.28. The molecule has 0 amide bonds. The standard InChI is InChI=1S/C5H11NO2.C4H11NO3/c1-3(2)4(6)5(7)8;5-4(1-6,2-7)3-8/h3-4H,6H2,1-2H3,(H,7,8);6-8H,1-3,5H2. The maximum Gasteiger partial charge on any atom is 0.320 e. The number of nitrogens with two attached hydrogens (primary N) is 2. The molecule has 8 N–H and O–H groups in total. The van der Waals surface area contributed by atoms with Crippen molar-refractivity contribution >= 4 is 5.97 Å². The Morgan fingerprint density at radius 2 is 1.50 bits per heavy atom. The van der Waals surface area contributed by atoms with Gasteiger partial charge in [0.25, 0.3) is 0 Å². The van der Waals surface area contributed by atoms with Crippen LogP contribution in [0.3, 0.4) is 0 Å². The van der Waals surface area contributed by atoms with Gasteiger partial charge in [-0.1, -0.05) is 13.8 Å². The molecule has 98 valence electrons. The van der Waals surface area contributed by atoms with Crippen molar-refractivity contribution in [3.63, 3.8) is 0 Å². The van der Waals surface area contributed by atoms with Gasteiger partial charge in [-0.05, 0) is 5.92 Å². The lowest BCUT2D eigenvalue weighted by Crippen LogP contribution is -2.50. The first-order valence-electron chi connectivity index (χ1n) is 4.84. The van der Waals surface area contributed by atoms with Crippen LogP contribution in [0, 0.1) is 5.92 Å². The third kappa shape index (κ3) is 7.55. The number of aliphatic carboxylic acids is 1. The minimum absolute atomic E-state index is 0.0208. The van der Waals surface area contributed by atoms with Crippen molar-refractivity contribution in [2.45, 2.75) is 25.4 Å². The number of carboxylic acid groups (broad SMARTS) is 1. The molecule has 0 radical (unpaired) electrons. The van der Waals surface area contributed by atoms with E-state index in [0.717, 1.165) is 0 Å². The van der Waals surface area contributed by atoms with E-state index in [0.29, 0.717) is 0 Å². The Hall–Kier alpha value is -0.730. The summed E-state index contributed by atoms with van der Waals surface area (Å²) < 4.78 is 0. The molecule has 1 unspecified atom stereocenters. The van der Waals surface area contributed by atoms with Crippen molar-refractivity contribution in [3.05, 3.63) is 0 Å². The molecule has 16 heavy (non-hydrogen) atoms. The SMILES string of the molecule is CC(C)C(N)C(=O)O.NC(CO)(CO)CO. The van der Waals surface area contributed by atoms with E-state index in [9.17, 15) is 4.79 Å². The Kier molecular flexibility index (Phi) is 9.30. The minimum atomic E-state index is -1.21. The van der Waals surface area contributed by atoms with Crippen LogP contribution >= 0.6 is 0 Å². The highest BCUT2D eigenvalue weighted by molar-refractivity contribution is 5.73. The predicted molar refractivity (Wildman–Crippen MR) is 58.6 cm³/mol. The lowest BCUT2D eigenvalue weighted by molar-refractivity contribution is -0.139. The highest BCUT2D eigenvalue weighted by Crippen LogP contribution is 1.96. The van der Waals surface area contributed by atoms with Gasteiger partial charge in [0, 0.05) is 0 Å². The quantitative estimate of drug-likeness (QED) is 0.315. The van der Waals surface area contributed by atoms with Crippen molar-refractivity contribution in [2.24, 2.45) is 17.4 Å². The number of carboxylic acids is 1. The molecular formula is C9H22N2O5. The largest absolute Gasteiger partial charge is 0.480 e. The number of carbonyl (C=O) groups is 1. The molecule has 7 heteroatoms. The molecule has 0 rings (SSSR count). The Morgan fingerprint density at radius 1 is 1.19 bits per heavy atom. The number of hydrogen-bond acceptors (Lipinski definition) is 6. The second-order valence-electron chi connectivity index (χ2n) is 3.94. The molecule has 0 fully saturated rings. The summed E-state index contributed by atoms with van der Waals surface area (Å²) in [4.78, 5) is 10.0. The molecule has 0 saturated heterocycles. The van der Waals surface area contributed by atoms with Gasteiger partial charge in [0.15, 0.2) is 0 Å². The number of aliphatic hydroxyl groups excluding tert-OH is 3. The average molecular weight is 238 g/mol. The van der Waals surface area contributed by atoms with E-state index in [2.05, 4.69) is 0 Å². The third-order valence-corrected chi connectivity index (χ3v) is 1.95. The van der Waals surface area contributed by atoms with Crippen molar-refractivity contribution in [1.82, 2.24) is 0 Å². The van der Waals surface area contributed by atoms with E-state index >= 15 is 0 Å². The van der Waals surface area contributed by atoms with Crippen LogP contribution in [0.4, 0.5) is 0 Å². The maximum atomic E-state index is 10.0. The van der Waals surface area contributed by atoms with Gasteiger partial charge in [-0.15, -0.1) is 0 Å². The van der Waals surface area contributed by atoms with Crippen LogP contribution < -0.4 is 11.5 Å². The molecule has 0 heterocycles. The van der Waals surface area contributed by atoms with Gasteiger partial charge in [-0.2, -0.15) is 0 Å². The zero-order chi connectivity index (χ0) is 13.4. The molecule has 0 aromatic carbocycles. The Labute approximate surface area is 94.7 Å². The molecule has 0 spiro atoms. The lowest BCUT2D eigenvalue weighted by atomic mass is 10.1. The van der Waals surface area contributed by atoms with Crippen LogP contribution in [-0.2, 0) is 4.79 Å². The summed E-state index contributed by atoms with van der Waals surface area (Å²) in [5, 5.41) is 33.2. The highest BCUT2D eigenvalue weighted by Gasteiger charge is 2.20. The van der Waals surface area contributed by atoms with Crippen molar-refractivity contribution in [2.75, 3.05) is 19.8 Å². The summed E-state index contributed by atoms with van der Waals surface area (Å²) in [5.41, 5.74) is 9.10. The van der Waals surface area contributed by atoms with Gasteiger partial charge >= 0.3 is 5.97 Å². The van der Waals surface area contributed by atoms with E-state index in [1.54, 1.807) is 13.8 Å². The topological polar surface area (TPSA) is 150 Å². The molecule has 0 saturated carbocycles. The molecule has 0 aromatic rings. The first-order valence-corrected chi connectivity index (χ1v) is 4.84. The summed E-state index contributed by atoms with van der Waals surface area (Å²) in [6.07, 6.45) is 0. The van der Waals surface area contributed by atoms with E-state index in [1.165, 1.54) is 0 Å². The Balaban J connectivity index is 0. The van der Waals surface area contributed by atoms with E-state index in [1.807, 2.05) is 0 Å². The van der Waals surface area contributed by atoms with Crippen molar-refractivity contribution in [3.8, 4) is 0 Å². The Morgan fingerprint density at radius 3 is 1.50 bits per heavy atom. The summed E-state index contributed by atoms with van der Waals surface area (Å²) in [7, 11) is 0. The van der Waals surface area contributed by atoms with Crippen molar-refractivity contribution < 1.29 is 25.2 Å². The smallest absolute Gasteiger partial charge is 0.320 e. The van der Waals surface area contributed by atoms with Gasteiger partial charge in [0.1, 0.15) is 6.04 Å². The normalized spacial score (nSPS) is 13.0. The second kappa shape index (κ2) is 8.43. The number of rotatable bonds is 5. The molecule has 1 atom stereocenters. The molecule has 0 aliphatic rings. The Bertz CT molecular complexity index is 186. The number of aliphatic hydroxyl groups is 3. The summed E-state index contributed by atoms with van der Waals surface area (Å²) in [6.45, 7) is 2.34. The minimum Gasteiger partial charge on any atom is -0.480 e. The second-order valence-corrected chi connectivity index (χ2v) is 3.94. The molecule has 0 bridgehead atoms. The van der Waals surface area contributed by atoms with E-state index < -0.39 is 37.4 Å². The fourth-order valence-corrected chi connectivity index (χ4v) is 0.435. The first-order chi connectivity index (χ1) is 7.24. The molecule has 0 aliphatic carbocycles. The van der Waals surface area contributed by atoms with Gasteiger partial charge in [0.05, 0.1) is 25.4 Å². The molecule has 0 aliphatic heterocycles. The van der Waals surface area contributed by atoms with Crippen LogP contribution in [0.2, 0.25) is 0 Å². The maximum absolute atomic E-state index is 10.0. The van der Waals surface area contributed by atoms with Gasteiger partial charge in [-0.3, -0.25) is 4.79 Å². The van der Waals surface area contributed by atoms with Crippen LogP contribution in [0.25, 0.3) is 0 Å². The van der Waals surface area contributed by atoms with Crippen LogP contribution in [0.5, 0.6) is 0 Å². The third-order valence-electron chi connectivity index (χ3n) is 1.95. The fourth-order valence-electron chi connectivity index (χ4n) is 0.435. The monoisotopic (exact) mass is 238 g/mol. The fraction of sp³-hybridized carbons (Fsp3) is 0.889. The molecule has 7 nitrogen and oxygen atoms in total. The summed E-state index contributed by atoms with van der Waals surface area (Å²) in [6, 6.07) is -0.713. The van der Waals surface area contributed by atoms with Crippen molar-refractivity contribution in [1.29, 1.82) is 0 Å². The number of hydrogen-bond donors (Lipinski definition) is 6. The average Bonchev–Trinajstić information content (AvgIpc) is 2.27. The zero-order valence-electron chi connectivity index (χ0n) is 9.63. The summed E-state index contributed by atoms with van der Waals surface area (Å²) >= 11 is 0.